The van der Waals surface area contributed by atoms with Crippen LogP contribution in [0, 0.1) is 0 Å². The molecule has 1 saturated heterocycles. The summed E-state index contributed by atoms with van der Waals surface area (Å²) >= 11 is 0. The molecular weight excluding hydrogens is 332 g/mol. The molecule has 1 aliphatic heterocycles. The lowest BCUT2D eigenvalue weighted by Crippen LogP contribution is -2.46. The lowest BCUT2D eigenvalue weighted by Gasteiger charge is -2.39. The van der Waals surface area contributed by atoms with E-state index in [0.29, 0.717) is 13.2 Å². The fourth-order valence-corrected chi connectivity index (χ4v) is 3.54. The molecule has 1 N–H and O–H groups in total. The summed E-state index contributed by atoms with van der Waals surface area (Å²) in [5, 5.41) is 3.42. The van der Waals surface area contributed by atoms with Gasteiger partial charge >= 0.3 is 0 Å². The van der Waals surface area contributed by atoms with Crippen molar-refractivity contribution in [2.45, 2.75) is 25.6 Å². The summed E-state index contributed by atoms with van der Waals surface area (Å²) in [5.74, 6) is 0.739. The molecule has 138 valence electrons. The molecular formula is C17H24N8O. The normalized spacial score (nSPS) is 21.3. The quantitative estimate of drug-likeness (QED) is 0.732. The second kappa shape index (κ2) is 7.00. The number of rotatable bonds is 5. The van der Waals surface area contributed by atoms with Gasteiger partial charge in [-0.15, -0.1) is 0 Å². The van der Waals surface area contributed by atoms with Crippen LogP contribution in [0.15, 0.2) is 25.2 Å². The summed E-state index contributed by atoms with van der Waals surface area (Å²) in [4.78, 5) is 19.8. The zero-order valence-electron chi connectivity index (χ0n) is 15.3. The van der Waals surface area contributed by atoms with Crippen molar-refractivity contribution in [1.82, 2.24) is 34.0 Å². The van der Waals surface area contributed by atoms with Gasteiger partial charge in [-0.2, -0.15) is 0 Å². The van der Waals surface area contributed by atoms with Crippen LogP contribution < -0.4 is 5.32 Å². The van der Waals surface area contributed by atoms with Crippen molar-refractivity contribution in [1.29, 1.82) is 0 Å². The number of hydrogen-bond acceptors (Lipinski definition) is 7. The second-order valence-corrected chi connectivity index (χ2v) is 6.57. The molecule has 1 fully saturated rings. The van der Waals surface area contributed by atoms with E-state index >= 15 is 0 Å². The molecule has 4 rings (SSSR count). The highest BCUT2D eigenvalue weighted by molar-refractivity contribution is 5.82. The van der Waals surface area contributed by atoms with Crippen LogP contribution in [0.4, 0.5) is 5.82 Å². The number of ether oxygens (including phenoxy) is 1. The smallest absolute Gasteiger partial charge is 0.165 e. The van der Waals surface area contributed by atoms with Crippen LogP contribution >= 0.6 is 0 Å². The van der Waals surface area contributed by atoms with Crippen molar-refractivity contribution in [3.63, 3.8) is 0 Å². The first-order valence-corrected chi connectivity index (χ1v) is 8.86. The van der Waals surface area contributed by atoms with Gasteiger partial charge in [-0.25, -0.2) is 19.9 Å². The maximum absolute atomic E-state index is 6.09. The van der Waals surface area contributed by atoms with Crippen molar-refractivity contribution in [2.24, 2.45) is 7.05 Å². The number of anilines is 1. The Balaban J connectivity index is 1.56. The predicted molar refractivity (Wildman–Crippen MR) is 97.8 cm³/mol. The van der Waals surface area contributed by atoms with E-state index in [9.17, 15) is 0 Å². The molecule has 0 aromatic carbocycles. The van der Waals surface area contributed by atoms with E-state index < -0.39 is 0 Å². The minimum absolute atomic E-state index is 0.0116. The first-order valence-electron chi connectivity index (χ1n) is 8.86. The summed E-state index contributed by atoms with van der Waals surface area (Å²) in [6, 6.07) is 0.134. The molecule has 1 aliphatic rings. The number of aromatic nitrogens is 6. The minimum Gasteiger partial charge on any atom is -0.373 e. The number of imidazole rings is 2. The Morgan fingerprint density at radius 2 is 2.12 bits per heavy atom. The number of aryl methyl sites for hydroxylation is 2. The Morgan fingerprint density at radius 1 is 1.23 bits per heavy atom. The van der Waals surface area contributed by atoms with Gasteiger partial charge in [0.25, 0.3) is 0 Å². The van der Waals surface area contributed by atoms with Crippen LogP contribution in [0.25, 0.3) is 11.2 Å². The second-order valence-electron chi connectivity index (χ2n) is 6.57. The topological polar surface area (TPSA) is 85.9 Å². The number of morpholine rings is 1. The van der Waals surface area contributed by atoms with E-state index in [0.717, 1.165) is 35.8 Å². The predicted octanol–water partition coefficient (Wildman–Crippen LogP) is 1.06. The SMILES string of the molecule is CCn1cnc2c(NC[C@@H]3OCCN(C)[C@H]3c3cncn3C)ncnc21. The summed E-state index contributed by atoms with van der Waals surface area (Å²) in [7, 11) is 4.14. The Hall–Kier alpha value is -2.52. The molecule has 9 heteroatoms. The molecule has 0 unspecified atom stereocenters. The van der Waals surface area contributed by atoms with E-state index in [1.54, 1.807) is 12.7 Å². The zero-order valence-corrected chi connectivity index (χ0v) is 15.3. The molecule has 26 heavy (non-hydrogen) atoms. The Labute approximate surface area is 152 Å². The maximum Gasteiger partial charge on any atom is 0.165 e. The number of fused-ring (bicyclic) bond motifs is 1. The summed E-state index contributed by atoms with van der Waals surface area (Å²) in [6.07, 6.45) is 7.10. The van der Waals surface area contributed by atoms with Crippen LogP contribution in [0.1, 0.15) is 18.7 Å². The number of likely N-dealkylation sites (N-methyl/N-ethyl adjacent to an activating group) is 1. The number of hydrogen-bond donors (Lipinski definition) is 1. The largest absolute Gasteiger partial charge is 0.373 e. The van der Waals surface area contributed by atoms with E-state index in [1.165, 1.54) is 0 Å². The monoisotopic (exact) mass is 356 g/mol. The van der Waals surface area contributed by atoms with E-state index in [2.05, 4.69) is 48.7 Å². The van der Waals surface area contributed by atoms with Crippen molar-refractivity contribution in [3.8, 4) is 0 Å². The van der Waals surface area contributed by atoms with Gasteiger partial charge in [0.05, 0.1) is 37.1 Å². The Bertz CT molecular complexity index is 888. The fourth-order valence-electron chi connectivity index (χ4n) is 3.54. The van der Waals surface area contributed by atoms with Crippen molar-refractivity contribution >= 4 is 17.0 Å². The standard InChI is InChI=1S/C17H24N8O/c1-4-25-11-22-14-16(20-9-21-17(14)25)19-8-13-15(23(2)5-6-26-13)12-7-18-10-24(12)3/h7,9-11,13,15H,4-6,8H2,1-3H3,(H,19,20,21)/t13-,15-/m0/s1. The third-order valence-electron chi connectivity index (χ3n) is 4.97. The Morgan fingerprint density at radius 3 is 2.88 bits per heavy atom. The molecule has 9 nitrogen and oxygen atoms in total. The highest BCUT2D eigenvalue weighted by Crippen LogP contribution is 2.28. The van der Waals surface area contributed by atoms with Crippen LogP contribution in [0.3, 0.4) is 0 Å². The molecule has 0 aliphatic carbocycles. The molecule has 0 saturated carbocycles. The highest BCUT2D eigenvalue weighted by Gasteiger charge is 2.33. The van der Waals surface area contributed by atoms with Crippen molar-refractivity contribution in [2.75, 3.05) is 32.1 Å². The summed E-state index contributed by atoms with van der Waals surface area (Å²) in [6.45, 7) is 5.13. The van der Waals surface area contributed by atoms with Gasteiger partial charge in [0.2, 0.25) is 0 Å². The zero-order chi connectivity index (χ0) is 18.1. The van der Waals surface area contributed by atoms with Gasteiger partial charge in [-0.05, 0) is 14.0 Å². The first-order chi connectivity index (χ1) is 12.7. The summed E-state index contributed by atoms with van der Waals surface area (Å²) in [5.41, 5.74) is 2.77. The van der Waals surface area contributed by atoms with E-state index in [-0.39, 0.29) is 12.1 Å². The number of nitrogens with zero attached hydrogens (tertiary/aromatic N) is 7. The lowest BCUT2D eigenvalue weighted by molar-refractivity contribution is -0.0578. The van der Waals surface area contributed by atoms with Gasteiger partial charge in [-0.1, -0.05) is 0 Å². The van der Waals surface area contributed by atoms with Crippen LogP contribution in [0.5, 0.6) is 0 Å². The average Bonchev–Trinajstić information content (AvgIpc) is 3.26. The lowest BCUT2D eigenvalue weighted by atomic mass is 10.0. The summed E-state index contributed by atoms with van der Waals surface area (Å²) < 4.78 is 10.1. The average molecular weight is 356 g/mol. The van der Waals surface area contributed by atoms with Gasteiger partial charge in [0.15, 0.2) is 11.5 Å². The molecule has 3 aromatic rings. The maximum atomic E-state index is 6.09. The fraction of sp³-hybridized carbons (Fsp3) is 0.529. The van der Waals surface area contributed by atoms with Crippen LogP contribution in [-0.2, 0) is 18.3 Å². The highest BCUT2D eigenvalue weighted by atomic mass is 16.5. The molecule has 4 heterocycles. The van der Waals surface area contributed by atoms with Gasteiger partial charge < -0.3 is 19.2 Å². The molecule has 2 atom stereocenters. The molecule has 0 spiro atoms. The van der Waals surface area contributed by atoms with Crippen molar-refractivity contribution < 1.29 is 4.74 Å². The minimum atomic E-state index is -0.0116. The van der Waals surface area contributed by atoms with Gasteiger partial charge in [0.1, 0.15) is 11.8 Å². The molecule has 0 radical (unpaired) electrons. The van der Waals surface area contributed by atoms with E-state index in [1.807, 2.05) is 24.1 Å². The van der Waals surface area contributed by atoms with Gasteiger partial charge in [-0.3, -0.25) is 4.90 Å². The van der Waals surface area contributed by atoms with Gasteiger partial charge in [0, 0.05) is 32.9 Å². The Kier molecular flexibility index (Phi) is 4.56. The third-order valence-corrected chi connectivity index (χ3v) is 4.97. The van der Waals surface area contributed by atoms with Crippen LogP contribution in [0.2, 0.25) is 0 Å². The molecule has 0 amide bonds. The van der Waals surface area contributed by atoms with E-state index in [4.69, 9.17) is 4.74 Å². The van der Waals surface area contributed by atoms with Crippen LogP contribution in [-0.4, -0.2) is 66.8 Å². The van der Waals surface area contributed by atoms with Crippen molar-refractivity contribution in [3.05, 3.63) is 30.9 Å². The molecule has 3 aromatic heterocycles. The first kappa shape index (κ1) is 16.9. The number of nitrogens with one attached hydrogen (secondary N) is 1. The third kappa shape index (κ3) is 2.93. The molecule has 0 bridgehead atoms.